The summed E-state index contributed by atoms with van der Waals surface area (Å²) in [5, 5.41) is 6.19. The fraction of sp³-hybridized carbons (Fsp3) is 0.500. The zero-order chi connectivity index (χ0) is 13.8. The summed E-state index contributed by atoms with van der Waals surface area (Å²) in [4.78, 5) is 11.6. The van der Waals surface area contributed by atoms with Crippen molar-refractivity contribution in [2.45, 2.75) is 39.7 Å². The van der Waals surface area contributed by atoms with Gasteiger partial charge >= 0.3 is 0 Å². The number of anilines is 1. The summed E-state index contributed by atoms with van der Waals surface area (Å²) in [5.41, 5.74) is 2.06. The predicted molar refractivity (Wildman–Crippen MR) is 79.9 cm³/mol. The first-order valence-corrected chi connectivity index (χ1v) is 6.88. The molecule has 0 fully saturated rings. The second kappa shape index (κ2) is 6.23. The van der Waals surface area contributed by atoms with Gasteiger partial charge in [0.1, 0.15) is 0 Å². The molecule has 0 aliphatic rings. The number of carbonyl (C=O) groups is 1. The van der Waals surface area contributed by atoms with Crippen LogP contribution in [0.25, 0.3) is 0 Å². The maximum Gasteiger partial charge on any atom is 0.222 e. The van der Waals surface area contributed by atoms with E-state index >= 15 is 0 Å². The molecule has 18 heavy (non-hydrogen) atoms. The maximum atomic E-state index is 11.6. The highest BCUT2D eigenvalue weighted by Gasteiger charge is 2.13. The van der Waals surface area contributed by atoms with Gasteiger partial charge in [0.15, 0.2) is 0 Å². The Bertz CT molecular complexity index is 424. The minimum atomic E-state index is -0.165. The van der Waals surface area contributed by atoms with E-state index in [-0.39, 0.29) is 11.4 Å². The summed E-state index contributed by atoms with van der Waals surface area (Å²) in [7, 11) is 0. The number of hydrogen-bond donors (Lipinski definition) is 2. The van der Waals surface area contributed by atoms with E-state index in [0.29, 0.717) is 13.0 Å². The quantitative estimate of drug-likeness (QED) is 0.893. The van der Waals surface area contributed by atoms with Crippen molar-refractivity contribution in [2.24, 2.45) is 0 Å². The zero-order valence-electron chi connectivity index (χ0n) is 11.4. The third-order valence-electron chi connectivity index (χ3n) is 2.31. The molecule has 0 heterocycles. The number of rotatable bonds is 4. The monoisotopic (exact) mass is 312 g/mol. The van der Waals surface area contributed by atoms with Crippen LogP contribution in [0.1, 0.15) is 32.8 Å². The largest absolute Gasteiger partial charge is 0.384 e. The van der Waals surface area contributed by atoms with Crippen LogP contribution >= 0.6 is 15.9 Å². The molecule has 100 valence electrons. The van der Waals surface area contributed by atoms with E-state index in [2.05, 4.69) is 32.6 Å². The van der Waals surface area contributed by atoms with E-state index in [9.17, 15) is 4.79 Å². The molecule has 0 unspecified atom stereocenters. The number of amides is 1. The van der Waals surface area contributed by atoms with Crippen LogP contribution in [0.5, 0.6) is 0 Å². The molecule has 1 amide bonds. The molecular weight excluding hydrogens is 292 g/mol. The Morgan fingerprint density at radius 2 is 2.00 bits per heavy atom. The van der Waals surface area contributed by atoms with E-state index < -0.39 is 0 Å². The molecule has 1 rings (SSSR count). The smallest absolute Gasteiger partial charge is 0.222 e. The van der Waals surface area contributed by atoms with E-state index in [1.165, 1.54) is 5.56 Å². The average Bonchev–Trinajstić information content (AvgIpc) is 2.18. The number of carbonyl (C=O) groups excluding carboxylic acids is 1. The lowest BCUT2D eigenvalue weighted by atomic mass is 10.1. The number of hydrogen-bond acceptors (Lipinski definition) is 2. The molecule has 3 nitrogen and oxygen atoms in total. The molecule has 0 radical (unpaired) electrons. The van der Waals surface area contributed by atoms with Gasteiger partial charge in [0.2, 0.25) is 5.91 Å². The third-order valence-corrected chi connectivity index (χ3v) is 2.96. The lowest BCUT2D eigenvalue weighted by Gasteiger charge is -2.20. The van der Waals surface area contributed by atoms with Crippen molar-refractivity contribution in [3.05, 3.63) is 28.2 Å². The minimum absolute atomic E-state index is 0.0678. The molecule has 0 atom stereocenters. The molecule has 0 aliphatic carbocycles. The summed E-state index contributed by atoms with van der Waals surface area (Å²) in [6, 6.07) is 6.11. The molecule has 0 spiro atoms. The highest BCUT2D eigenvalue weighted by molar-refractivity contribution is 9.10. The summed E-state index contributed by atoms with van der Waals surface area (Å²) >= 11 is 3.50. The van der Waals surface area contributed by atoms with Gasteiger partial charge in [0.05, 0.1) is 0 Å². The molecule has 4 heteroatoms. The molecule has 0 aromatic heterocycles. The zero-order valence-corrected chi connectivity index (χ0v) is 13.0. The van der Waals surface area contributed by atoms with Crippen molar-refractivity contribution in [3.63, 3.8) is 0 Å². The Morgan fingerprint density at radius 3 is 2.56 bits per heavy atom. The fourth-order valence-electron chi connectivity index (χ4n) is 1.55. The van der Waals surface area contributed by atoms with Crippen LogP contribution in [-0.2, 0) is 4.79 Å². The summed E-state index contributed by atoms with van der Waals surface area (Å²) in [5.74, 6) is 0.0678. The van der Waals surface area contributed by atoms with Gasteiger partial charge in [0.25, 0.3) is 0 Å². The summed E-state index contributed by atoms with van der Waals surface area (Å²) < 4.78 is 1.03. The molecule has 0 saturated heterocycles. The molecule has 1 aromatic rings. The van der Waals surface area contributed by atoms with Gasteiger partial charge in [0, 0.05) is 28.7 Å². The van der Waals surface area contributed by atoms with E-state index in [4.69, 9.17) is 0 Å². The topological polar surface area (TPSA) is 41.1 Å². The van der Waals surface area contributed by atoms with Crippen molar-refractivity contribution in [3.8, 4) is 0 Å². The van der Waals surface area contributed by atoms with Crippen LogP contribution in [0.4, 0.5) is 5.69 Å². The van der Waals surface area contributed by atoms with Crippen molar-refractivity contribution in [1.29, 1.82) is 0 Å². The average molecular weight is 313 g/mol. The first kappa shape index (κ1) is 15.0. The first-order chi connectivity index (χ1) is 8.28. The minimum Gasteiger partial charge on any atom is -0.384 e. The van der Waals surface area contributed by atoms with Crippen molar-refractivity contribution >= 4 is 27.5 Å². The fourth-order valence-corrected chi connectivity index (χ4v) is 2.19. The molecule has 0 bridgehead atoms. The van der Waals surface area contributed by atoms with Crippen molar-refractivity contribution < 1.29 is 4.79 Å². The van der Waals surface area contributed by atoms with Gasteiger partial charge in [-0.3, -0.25) is 4.79 Å². The van der Waals surface area contributed by atoms with Crippen LogP contribution in [-0.4, -0.2) is 18.0 Å². The van der Waals surface area contributed by atoms with Gasteiger partial charge in [-0.15, -0.1) is 0 Å². The molecular formula is C14H21BrN2O. The Hall–Kier alpha value is -1.03. The van der Waals surface area contributed by atoms with Gasteiger partial charge in [-0.25, -0.2) is 0 Å². The maximum absolute atomic E-state index is 11.6. The Labute approximate surface area is 117 Å². The second-order valence-electron chi connectivity index (χ2n) is 5.46. The Kier molecular flexibility index (Phi) is 5.20. The van der Waals surface area contributed by atoms with Gasteiger partial charge in [-0.2, -0.15) is 0 Å². The number of halogens is 1. The molecule has 0 saturated carbocycles. The van der Waals surface area contributed by atoms with E-state index in [1.54, 1.807) is 0 Å². The summed E-state index contributed by atoms with van der Waals surface area (Å²) in [6.45, 7) is 8.62. The molecule has 2 N–H and O–H groups in total. The number of benzene rings is 1. The van der Waals surface area contributed by atoms with Crippen molar-refractivity contribution in [2.75, 3.05) is 11.9 Å². The van der Waals surface area contributed by atoms with Crippen molar-refractivity contribution in [1.82, 2.24) is 5.32 Å². The summed E-state index contributed by atoms with van der Waals surface area (Å²) in [6.07, 6.45) is 0.470. The van der Waals surface area contributed by atoms with Crippen LogP contribution in [0, 0.1) is 6.92 Å². The number of nitrogens with one attached hydrogen (secondary N) is 2. The highest BCUT2D eigenvalue weighted by atomic mass is 79.9. The predicted octanol–water partition coefficient (Wildman–Crippen LogP) is 3.47. The van der Waals surface area contributed by atoms with Crippen LogP contribution in [0.15, 0.2) is 22.7 Å². The molecule has 0 aliphatic heterocycles. The van der Waals surface area contributed by atoms with Gasteiger partial charge in [-0.05, 0) is 61.3 Å². The van der Waals surface area contributed by atoms with E-state index in [1.807, 2.05) is 39.8 Å². The normalized spacial score (nSPS) is 11.2. The first-order valence-electron chi connectivity index (χ1n) is 6.09. The number of aryl methyl sites for hydroxylation is 1. The lowest BCUT2D eigenvalue weighted by Crippen LogP contribution is -2.41. The highest BCUT2D eigenvalue weighted by Crippen LogP contribution is 2.23. The Morgan fingerprint density at radius 1 is 1.33 bits per heavy atom. The lowest BCUT2D eigenvalue weighted by molar-refractivity contribution is -0.122. The van der Waals surface area contributed by atoms with E-state index in [0.717, 1.165) is 10.2 Å². The van der Waals surface area contributed by atoms with Gasteiger partial charge in [-0.1, -0.05) is 6.07 Å². The standard InChI is InChI=1S/C14H21BrN2O/c1-10-5-6-12(11(15)9-10)16-8-7-13(18)17-14(2,3)4/h5-6,9,16H,7-8H2,1-4H3,(H,17,18). The SMILES string of the molecule is Cc1ccc(NCCC(=O)NC(C)(C)C)c(Br)c1. The Balaban J connectivity index is 2.40. The van der Waals surface area contributed by atoms with Gasteiger partial charge < -0.3 is 10.6 Å². The molecule has 1 aromatic carbocycles. The van der Waals surface area contributed by atoms with Crippen LogP contribution in [0.3, 0.4) is 0 Å². The third kappa shape index (κ3) is 5.54. The van der Waals surface area contributed by atoms with Crippen LogP contribution in [0.2, 0.25) is 0 Å². The van der Waals surface area contributed by atoms with Crippen LogP contribution < -0.4 is 10.6 Å². The second-order valence-corrected chi connectivity index (χ2v) is 6.31.